The molecule has 3 nitrogen and oxygen atoms in total. The van der Waals surface area contributed by atoms with Crippen molar-refractivity contribution in [3.8, 4) is 11.5 Å². The summed E-state index contributed by atoms with van der Waals surface area (Å²) in [5, 5.41) is 9.21. The van der Waals surface area contributed by atoms with Gasteiger partial charge >= 0.3 is 0 Å². The summed E-state index contributed by atoms with van der Waals surface area (Å²) in [5.41, 5.74) is 0.810. The molecule has 0 saturated heterocycles. The number of aliphatic hydroxyl groups excluding tert-OH is 1. The molecule has 0 amide bonds. The van der Waals surface area contributed by atoms with Crippen LogP contribution in [0.2, 0.25) is 5.02 Å². The van der Waals surface area contributed by atoms with Crippen molar-refractivity contribution in [1.82, 2.24) is 0 Å². The van der Waals surface area contributed by atoms with Crippen molar-refractivity contribution in [2.24, 2.45) is 0 Å². The second kappa shape index (κ2) is 3.90. The summed E-state index contributed by atoms with van der Waals surface area (Å²) in [6, 6.07) is 3.50. The Balaban J connectivity index is 2.37. The van der Waals surface area contributed by atoms with E-state index in [2.05, 4.69) is 0 Å². The van der Waals surface area contributed by atoms with Gasteiger partial charge in [-0.05, 0) is 11.6 Å². The largest absolute Gasteiger partial charge is 0.454 e. The van der Waals surface area contributed by atoms with Gasteiger partial charge in [-0.3, -0.25) is 0 Å². The van der Waals surface area contributed by atoms with Crippen LogP contribution in [0.5, 0.6) is 11.5 Å². The number of benzene rings is 1. The summed E-state index contributed by atoms with van der Waals surface area (Å²) in [6.07, 6.45) is 3.35. The minimum Gasteiger partial charge on any atom is -0.454 e. The van der Waals surface area contributed by atoms with Gasteiger partial charge in [0.25, 0.3) is 0 Å². The minimum atomic E-state index is -0.00916. The Hall–Kier alpha value is -1.19. The maximum Gasteiger partial charge on any atom is 0.231 e. The minimum absolute atomic E-state index is 0.00916. The van der Waals surface area contributed by atoms with Crippen LogP contribution in [0.1, 0.15) is 5.56 Å². The predicted octanol–water partition coefficient (Wildman–Crippen LogP) is 2.07. The van der Waals surface area contributed by atoms with Gasteiger partial charge in [0.2, 0.25) is 6.79 Å². The van der Waals surface area contributed by atoms with Crippen molar-refractivity contribution in [1.29, 1.82) is 0 Å². The zero-order chi connectivity index (χ0) is 9.97. The van der Waals surface area contributed by atoms with Gasteiger partial charge in [-0.1, -0.05) is 23.8 Å². The van der Waals surface area contributed by atoms with E-state index in [1.807, 2.05) is 0 Å². The first-order valence-corrected chi connectivity index (χ1v) is 4.55. The van der Waals surface area contributed by atoms with E-state index in [4.69, 9.17) is 26.2 Å². The van der Waals surface area contributed by atoms with E-state index in [0.29, 0.717) is 16.5 Å². The molecule has 74 valence electrons. The highest BCUT2D eigenvalue weighted by Crippen LogP contribution is 2.37. The molecule has 0 aliphatic carbocycles. The van der Waals surface area contributed by atoms with Crippen LogP contribution < -0.4 is 9.47 Å². The summed E-state index contributed by atoms with van der Waals surface area (Å²) in [7, 11) is 0. The first-order valence-electron chi connectivity index (χ1n) is 4.18. The van der Waals surface area contributed by atoms with E-state index in [1.165, 1.54) is 0 Å². The molecule has 0 atom stereocenters. The van der Waals surface area contributed by atoms with Gasteiger partial charge in [0, 0.05) is 6.07 Å². The molecule has 4 heteroatoms. The third-order valence-electron chi connectivity index (χ3n) is 1.89. The smallest absolute Gasteiger partial charge is 0.231 e. The highest BCUT2D eigenvalue weighted by Gasteiger charge is 2.15. The molecule has 1 aliphatic heterocycles. The molecule has 0 spiro atoms. The SMILES string of the molecule is OCC=Cc1cc2c(cc1Cl)OCO2. The highest BCUT2D eigenvalue weighted by atomic mass is 35.5. The molecular formula is C10H9ClO3. The molecule has 0 saturated carbocycles. The fraction of sp³-hybridized carbons (Fsp3) is 0.200. The Morgan fingerprint density at radius 3 is 2.79 bits per heavy atom. The molecular weight excluding hydrogens is 204 g/mol. The molecule has 0 bridgehead atoms. The Morgan fingerprint density at radius 1 is 1.36 bits per heavy atom. The van der Waals surface area contributed by atoms with Crippen molar-refractivity contribution < 1.29 is 14.6 Å². The molecule has 1 aromatic carbocycles. The summed E-state index contributed by atoms with van der Waals surface area (Å²) in [4.78, 5) is 0. The molecule has 1 aromatic rings. The maximum absolute atomic E-state index is 8.63. The number of aliphatic hydroxyl groups is 1. The van der Waals surface area contributed by atoms with Crippen LogP contribution in [0.15, 0.2) is 18.2 Å². The second-order valence-corrected chi connectivity index (χ2v) is 3.22. The van der Waals surface area contributed by atoms with Gasteiger partial charge in [0.15, 0.2) is 11.5 Å². The summed E-state index contributed by atoms with van der Waals surface area (Å²) in [5.74, 6) is 1.35. The molecule has 1 N–H and O–H groups in total. The maximum atomic E-state index is 8.63. The standard InChI is InChI=1S/C10H9ClO3/c11-8-5-10-9(13-6-14-10)4-7(8)2-1-3-12/h1-2,4-5,12H,3,6H2. The van der Waals surface area contributed by atoms with Crippen LogP contribution in [0, 0.1) is 0 Å². The average Bonchev–Trinajstić information content (AvgIpc) is 2.61. The topological polar surface area (TPSA) is 38.7 Å². The molecule has 1 aliphatic rings. The van der Waals surface area contributed by atoms with Gasteiger partial charge in [-0.2, -0.15) is 0 Å². The van der Waals surface area contributed by atoms with Gasteiger partial charge in [-0.15, -0.1) is 0 Å². The number of hydrogen-bond acceptors (Lipinski definition) is 3. The lowest BCUT2D eigenvalue weighted by Crippen LogP contribution is -1.92. The van der Waals surface area contributed by atoms with E-state index >= 15 is 0 Å². The van der Waals surface area contributed by atoms with Crippen molar-refractivity contribution in [2.45, 2.75) is 0 Å². The van der Waals surface area contributed by atoms with Gasteiger partial charge in [-0.25, -0.2) is 0 Å². The average molecular weight is 213 g/mol. The molecule has 1 heterocycles. The van der Waals surface area contributed by atoms with Gasteiger partial charge in [0.05, 0.1) is 11.6 Å². The second-order valence-electron chi connectivity index (χ2n) is 2.81. The molecule has 0 aromatic heterocycles. The quantitative estimate of drug-likeness (QED) is 0.816. The lowest BCUT2D eigenvalue weighted by atomic mass is 10.2. The molecule has 0 radical (unpaired) electrons. The Bertz CT molecular complexity index is 374. The van der Waals surface area contributed by atoms with E-state index in [0.717, 1.165) is 5.56 Å². The Morgan fingerprint density at radius 2 is 2.07 bits per heavy atom. The number of rotatable bonds is 2. The first kappa shape index (κ1) is 9.37. The van der Waals surface area contributed by atoms with Gasteiger partial charge < -0.3 is 14.6 Å². The van der Waals surface area contributed by atoms with E-state index in [9.17, 15) is 0 Å². The van der Waals surface area contributed by atoms with E-state index < -0.39 is 0 Å². The summed E-state index contributed by atoms with van der Waals surface area (Å²) in [6.45, 7) is 0.226. The monoisotopic (exact) mass is 212 g/mol. The Labute approximate surface area is 86.5 Å². The molecule has 2 rings (SSSR count). The van der Waals surface area contributed by atoms with Crippen LogP contribution >= 0.6 is 11.6 Å². The predicted molar refractivity (Wildman–Crippen MR) is 53.7 cm³/mol. The number of fused-ring (bicyclic) bond motifs is 1. The lowest BCUT2D eigenvalue weighted by molar-refractivity contribution is 0.174. The number of halogens is 1. The zero-order valence-electron chi connectivity index (χ0n) is 7.37. The van der Waals surface area contributed by atoms with Crippen molar-refractivity contribution in [2.75, 3.05) is 13.4 Å². The van der Waals surface area contributed by atoms with E-state index in [-0.39, 0.29) is 13.4 Å². The normalized spacial score (nSPS) is 13.9. The summed E-state index contributed by atoms with van der Waals surface area (Å²) < 4.78 is 10.4. The summed E-state index contributed by atoms with van der Waals surface area (Å²) >= 11 is 5.98. The van der Waals surface area contributed by atoms with Crippen molar-refractivity contribution in [3.63, 3.8) is 0 Å². The molecule has 0 fully saturated rings. The fourth-order valence-corrected chi connectivity index (χ4v) is 1.46. The molecule has 14 heavy (non-hydrogen) atoms. The van der Waals surface area contributed by atoms with Gasteiger partial charge in [0.1, 0.15) is 0 Å². The van der Waals surface area contributed by atoms with Crippen molar-refractivity contribution >= 4 is 17.7 Å². The van der Waals surface area contributed by atoms with Crippen LogP contribution in [0.4, 0.5) is 0 Å². The lowest BCUT2D eigenvalue weighted by Gasteiger charge is -2.00. The number of hydrogen-bond donors (Lipinski definition) is 1. The third kappa shape index (κ3) is 1.69. The number of ether oxygens (including phenoxy) is 2. The zero-order valence-corrected chi connectivity index (χ0v) is 8.12. The first-order chi connectivity index (χ1) is 6.81. The Kier molecular flexibility index (Phi) is 2.61. The van der Waals surface area contributed by atoms with Crippen LogP contribution in [0.25, 0.3) is 6.08 Å². The van der Waals surface area contributed by atoms with Crippen LogP contribution in [-0.2, 0) is 0 Å². The van der Waals surface area contributed by atoms with Crippen LogP contribution in [0.3, 0.4) is 0 Å². The third-order valence-corrected chi connectivity index (χ3v) is 2.22. The molecule has 0 unspecified atom stereocenters. The fourth-order valence-electron chi connectivity index (χ4n) is 1.24. The van der Waals surface area contributed by atoms with E-state index in [1.54, 1.807) is 24.3 Å². The van der Waals surface area contributed by atoms with Crippen LogP contribution in [-0.4, -0.2) is 18.5 Å². The van der Waals surface area contributed by atoms with Crippen molar-refractivity contribution in [3.05, 3.63) is 28.8 Å². The highest BCUT2D eigenvalue weighted by molar-refractivity contribution is 6.32.